The van der Waals surface area contributed by atoms with Crippen LogP contribution in [-0.4, -0.2) is 25.8 Å². The maximum Gasteiger partial charge on any atom is 0.0594 e. The highest BCUT2D eigenvalue weighted by Crippen LogP contribution is 2.24. The largest absolute Gasteiger partial charge is 0.377 e. The monoisotopic (exact) mass is 241 g/mol. The molecule has 0 heterocycles. The number of rotatable bonds is 6. The van der Waals surface area contributed by atoms with Gasteiger partial charge in [0, 0.05) is 6.54 Å². The summed E-state index contributed by atoms with van der Waals surface area (Å²) in [5.74, 6) is 0.706. The van der Waals surface area contributed by atoms with Gasteiger partial charge in [-0.15, -0.1) is 0 Å². The molecular formula is C15H31NO. The quantitative estimate of drug-likeness (QED) is 0.717. The van der Waals surface area contributed by atoms with Crippen LogP contribution in [0.3, 0.4) is 0 Å². The van der Waals surface area contributed by atoms with Gasteiger partial charge in [-0.1, -0.05) is 47.0 Å². The summed E-state index contributed by atoms with van der Waals surface area (Å²) in [5, 5.41) is 3.51. The van der Waals surface area contributed by atoms with Crippen molar-refractivity contribution in [2.75, 3.05) is 19.7 Å². The smallest absolute Gasteiger partial charge is 0.0594 e. The van der Waals surface area contributed by atoms with E-state index in [2.05, 4.69) is 33.0 Å². The fourth-order valence-electron chi connectivity index (χ4n) is 2.15. The lowest BCUT2D eigenvalue weighted by molar-refractivity contribution is 0.0296. The van der Waals surface area contributed by atoms with Crippen molar-refractivity contribution in [3.8, 4) is 0 Å². The van der Waals surface area contributed by atoms with Gasteiger partial charge >= 0.3 is 0 Å². The minimum Gasteiger partial charge on any atom is -0.377 e. The third-order valence-corrected chi connectivity index (χ3v) is 4.11. The van der Waals surface area contributed by atoms with Crippen molar-refractivity contribution >= 4 is 0 Å². The normalized spacial score (nSPS) is 20.5. The third kappa shape index (κ3) is 6.42. The fraction of sp³-hybridized carbons (Fsp3) is 1.00. The molecule has 17 heavy (non-hydrogen) atoms. The Labute approximate surface area is 108 Å². The predicted octanol–water partition coefficient (Wildman–Crippen LogP) is 3.61. The Bertz CT molecular complexity index is 192. The molecule has 1 aliphatic rings. The van der Waals surface area contributed by atoms with Crippen molar-refractivity contribution in [3.63, 3.8) is 0 Å². The van der Waals surface area contributed by atoms with Gasteiger partial charge in [0.05, 0.1) is 12.7 Å². The van der Waals surface area contributed by atoms with Gasteiger partial charge in [0.25, 0.3) is 0 Å². The van der Waals surface area contributed by atoms with E-state index in [9.17, 15) is 0 Å². The summed E-state index contributed by atoms with van der Waals surface area (Å²) in [6.45, 7) is 12.2. The Morgan fingerprint density at radius 2 is 1.82 bits per heavy atom. The second-order valence-electron chi connectivity index (χ2n) is 6.60. The number of ether oxygens (including phenoxy) is 1. The van der Waals surface area contributed by atoms with Crippen LogP contribution in [0, 0.1) is 11.3 Å². The molecule has 0 bridgehead atoms. The van der Waals surface area contributed by atoms with Gasteiger partial charge in [0.15, 0.2) is 0 Å². The summed E-state index contributed by atoms with van der Waals surface area (Å²) < 4.78 is 5.89. The second kappa shape index (κ2) is 7.38. The molecule has 0 amide bonds. The van der Waals surface area contributed by atoms with Gasteiger partial charge in [-0.2, -0.15) is 0 Å². The molecule has 0 spiro atoms. The van der Waals surface area contributed by atoms with Crippen LogP contribution in [0.1, 0.15) is 59.8 Å². The van der Waals surface area contributed by atoms with Crippen molar-refractivity contribution in [1.82, 2.24) is 5.32 Å². The molecule has 0 aliphatic heterocycles. The minimum atomic E-state index is 0.400. The van der Waals surface area contributed by atoms with Crippen molar-refractivity contribution in [3.05, 3.63) is 0 Å². The molecule has 102 valence electrons. The summed E-state index contributed by atoms with van der Waals surface area (Å²) in [5.41, 5.74) is 0.400. The SMILES string of the molecule is CC(CNCCOC1CCCCC1)C(C)(C)C. The molecule has 1 atom stereocenters. The van der Waals surface area contributed by atoms with E-state index in [1.54, 1.807) is 0 Å². The van der Waals surface area contributed by atoms with Crippen LogP contribution in [0.25, 0.3) is 0 Å². The van der Waals surface area contributed by atoms with Crippen molar-refractivity contribution in [1.29, 1.82) is 0 Å². The number of nitrogens with one attached hydrogen (secondary N) is 1. The Morgan fingerprint density at radius 3 is 2.41 bits per heavy atom. The van der Waals surface area contributed by atoms with Gasteiger partial charge in [0.2, 0.25) is 0 Å². The average molecular weight is 241 g/mol. The molecule has 0 aromatic heterocycles. The minimum absolute atomic E-state index is 0.400. The molecule has 1 fully saturated rings. The van der Waals surface area contributed by atoms with Crippen LogP contribution < -0.4 is 5.32 Å². The molecule has 1 unspecified atom stereocenters. The van der Waals surface area contributed by atoms with Crippen LogP contribution in [0.4, 0.5) is 0 Å². The molecular weight excluding hydrogens is 210 g/mol. The summed E-state index contributed by atoms with van der Waals surface area (Å²) in [7, 11) is 0. The molecule has 1 saturated carbocycles. The summed E-state index contributed by atoms with van der Waals surface area (Å²) in [6.07, 6.45) is 7.22. The van der Waals surface area contributed by atoms with Gasteiger partial charge in [-0.3, -0.25) is 0 Å². The Morgan fingerprint density at radius 1 is 1.18 bits per heavy atom. The average Bonchev–Trinajstić information content (AvgIpc) is 2.28. The van der Waals surface area contributed by atoms with E-state index < -0.39 is 0 Å². The first-order valence-electron chi connectivity index (χ1n) is 7.32. The van der Waals surface area contributed by atoms with Crippen molar-refractivity contribution < 1.29 is 4.74 Å². The summed E-state index contributed by atoms with van der Waals surface area (Å²) in [6, 6.07) is 0. The lowest BCUT2D eigenvalue weighted by atomic mass is 9.82. The zero-order valence-corrected chi connectivity index (χ0v) is 12.2. The Kier molecular flexibility index (Phi) is 6.50. The van der Waals surface area contributed by atoms with E-state index in [1.165, 1.54) is 32.1 Å². The van der Waals surface area contributed by atoms with E-state index in [4.69, 9.17) is 4.74 Å². The van der Waals surface area contributed by atoms with Gasteiger partial charge < -0.3 is 10.1 Å². The topological polar surface area (TPSA) is 21.3 Å². The second-order valence-corrected chi connectivity index (χ2v) is 6.60. The van der Waals surface area contributed by atoms with E-state index in [1.807, 2.05) is 0 Å². The maximum atomic E-state index is 5.89. The molecule has 1 aliphatic carbocycles. The first-order chi connectivity index (χ1) is 8.00. The van der Waals surface area contributed by atoms with Crippen LogP contribution in [0.5, 0.6) is 0 Å². The molecule has 0 aromatic carbocycles. The Balaban J connectivity index is 1.97. The number of hydrogen-bond donors (Lipinski definition) is 1. The van der Waals surface area contributed by atoms with E-state index in [0.29, 0.717) is 17.4 Å². The highest BCUT2D eigenvalue weighted by Gasteiger charge is 2.19. The summed E-state index contributed by atoms with van der Waals surface area (Å²) >= 11 is 0. The van der Waals surface area contributed by atoms with Crippen LogP contribution in [0.2, 0.25) is 0 Å². The molecule has 0 aromatic rings. The fourth-order valence-corrected chi connectivity index (χ4v) is 2.15. The molecule has 1 rings (SSSR count). The first kappa shape index (κ1) is 15.0. The third-order valence-electron chi connectivity index (χ3n) is 4.11. The van der Waals surface area contributed by atoms with Crippen LogP contribution >= 0.6 is 0 Å². The van der Waals surface area contributed by atoms with E-state index >= 15 is 0 Å². The first-order valence-corrected chi connectivity index (χ1v) is 7.32. The van der Waals surface area contributed by atoms with E-state index in [0.717, 1.165) is 19.7 Å². The predicted molar refractivity (Wildman–Crippen MR) is 74.3 cm³/mol. The highest BCUT2D eigenvalue weighted by atomic mass is 16.5. The molecule has 1 N–H and O–H groups in total. The molecule has 2 heteroatoms. The van der Waals surface area contributed by atoms with E-state index in [-0.39, 0.29) is 0 Å². The lowest BCUT2D eigenvalue weighted by Crippen LogP contribution is -2.32. The highest BCUT2D eigenvalue weighted by molar-refractivity contribution is 4.72. The summed E-state index contributed by atoms with van der Waals surface area (Å²) in [4.78, 5) is 0. The van der Waals surface area contributed by atoms with Gasteiger partial charge in [-0.05, 0) is 30.7 Å². The van der Waals surface area contributed by atoms with Crippen LogP contribution in [0.15, 0.2) is 0 Å². The van der Waals surface area contributed by atoms with Gasteiger partial charge in [-0.25, -0.2) is 0 Å². The zero-order valence-electron chi connectivity index (χ0n) is 12.2. The van der Waals surface area contributed by atoms with Gasteiger partial charge in [0.1, 0.15) is 0 Å². The lowest BCUT2D eigenvalue weighted by Gasteiger charge is -2.27. The zero-order chi connectivity index (χ0) is 12.7. The standard InChI is InChI=1S/C15H31NO/c1-13(15(2,3)4)12-16-10-11-17-14-8-6-5-7-9-14/h13-14,16H,5-12H2,1-4H3. The Hall–Kier alpha value is -0.0800. The molecule has 0 radical (unpaired) electrons. The molecule has 0 saturated heterocycles. The van der Waals surface area contributed by atoms with Crippen LogP contribution in [-0.2, 0) is 4.74 Å². The van der Waals surface area contributed by atoms with Crippen molar-refractivity contribution in [2.45, 2.75) is 65.9 Å². The number of hydrogen-bond acceptors (Lipinski definition) is 2. The maximum absolute atomic E-state index is 5.89. The molecule has 2 nitrogen and oxygen atoms in total. The van der Waals surface area contributed by atoms with Crippen molar-refractivity contribution in [2.24, 2.45) is 11.3 Å².